The number of hydrogen-bond acceptors (Lipinski definition) is 3. The molecule has 3 nitrogen and oxygen atoms in total. The highest BCUT2D eigenvalue weighted by atomic mass is 16.5. The quantitative estimate of drug-likeness (QED) is 0.803. The van der Waals surface area contributed by atoms with Crippen LogP contribution in [0.3, 0.4) is 0 Å². The van der Waals surface area contributed by atoms with Crippen molar-refractivity contribution < 1.29 is 9.47 Å². The molecule has 0 aliphatic heterocycles. The molecule has 0 bridgehead atoms. The van der Waals surface area contributed by atoms with Crippen LogP contribution in [0.1, 0.15) is 12.5 Å². The Morgan fingerprint density at radius 3 is 2.73 bits per heavy atom. The monoisotopic (exact) mass is 207 g/mol. The van der Waals surface area contributed by atoms with Crippen molar-refractivity contribution in [2.75, 3.05) is 20.3 Å². The van der Waals surface area contributed by atoms with Crippen LogP contribution in [0.5, 0.6) is 11.5 Å². The van der Waals surface area contributed by atoms with Gasteiger partial charge in [0.1, 0.15) is 0 Å². The molecule has 82 valence electrons. The summed E-state index contributed by atoms with van der Waals surface area (Å²) < 4.78 is 10.6. The van der Waals surface area contributed by atoms with E-state index in [1.165, 1.54) is 0 Å². The maximum absolute atomic E-state index is 5.41. The minimum absolute atomic E-state index is 0.537. The molecule has 0 unspecified atom stereocenters. The number of methoxy groups -OCH3 is 1. The standard InChI is InChI=1S/C12H17NO2/c1-3-15-11-7-6-10(5-4-8-13)9-12(11)14-2/h4-7,9H,3,8,13H2,1-2H3. The molecule has 0 atom stereocenters. The van der Waals surface area contributed by atoms with E-state index in [0.717, 1.165) is 17.1 Å². The maximum Gasteiger partial charge on any atom is 0.161 e. The first-order valence-electron chi connectivity index (χ1n) is 4.99. The van der Waals surface area contributed by atoms with Gasteiger partial charge in [-0.3, -0.25) is 0 Å². The first-order chi connectivity index (χ1) is 7.31. The van der Waals surface area contributed by atoms with Crippen molar-refractivity contribution in [2.45, 2.75) is 6.92 Å². The largest absolute Gasteiger partial charge is 0.493 e. The lowest BCUT2D eigenvalue weighted by Crippen LogP contribution is -1.95. The number of nitrogens with two attached hydrogens (primary N) is 1. The third kappa shape index (κ3) is 3.29. The molecule has 1 rings (SSSR count). The van der Waals surface area contributed by atoms with E-state index >= 15 is 0 Å². The van der Waals surface area contributed by atoms with Crippen LogP contribution in [0.4, 0.5) is 0 Å². The molecule has 0 fully saturated rings. The normalized spacial score (nSPS) is 10.6. The van der Waals surface area contributed by atoms with E-state index in [9.17, 15) is 0 Å². The minimum Gasteiger partial charge on any atom is -0.493 e. The van der Waals surface area contributed by atoms with E-state index in [1.54, 1.807) is 7.11 Å². The summed E-state index contributed by atoms with van der Waals surface area (Å²) in [6.45, 7) is 3.12. The predicted octanol–water partition coefficient (Wildman–Crippen LogP) is 2.07. The van der Waals surface area contributed by atoms with Gasteiger partial charge in [-0.15, -0.1) is 0 Å². The molecular formula is C12H17NO2. The van der Waals surface area contributed by atoms with Gasteiger partial charge in [0.2, 0.25) is 0 Å². The maximum atomic E-state index is 5.41. The third-order valence-electron chi connectivity index (χ3n) is 1.93. The van der Waals surface area contributed by atoms with Crippen LogP contribution in [0.2, 0.25) is 0 Å². The molecule has 0 aliphatic rings. The molecule has 0 saturated heterocycles. The lowest BCUT2D eigenvalue weighted by atomic mass is 10.2. The van der Waals surface area contributed by atoms with Crippen LogP contribution in [-0.2, 0) is 0 Å². The van der Waals surface area contributed by atoms with Crippen LogP contribution < -0.4 is 15.2 Å². The number of ether oxygens (including phenoxy) is 2. The Kier molecular flexibility index (Phi) is 4.71. The summed E-state index contributed by atoms with van der Waals surface area (Å²) in [6, 6.07) is 5.80. The van der Waals surface area contributed by atoms with Gasteiger partial charge < -0.3 is 15.2 Å². The highest BCUT2D eigenvalue weighted by molar-refractivity contribution is 5.55. The second-order valence-corrected chi connectivity index (χ2v) is 2.98. The molecule has 3 heteroatoms. The zero-order chi connectivity index (χ0) is 11.1. The molecule has 1 aromatic rings. The molecular weight excluding hydrogens is 190 g/mol. The molecule has 0 radical (unpaired) electrons. The summed E-state index contributed by atoms with van der Waals surface area (Å²) in [6.07, 6.45) is 3.85. The van der Waals surface area contributed by atoms with Crippen LogP contribution in [0.25, 0.3) is 6.08 Å². The summed E-state index contributed by atoms with van der Waals surface area (Å²) in [5, 5.41) is 0. The molecule has 0 aliphatic carbocycles. The second-order valence-electron chi connectivity index (χ2n) is 2.98. The lowest BCUT2D eigenvalue weighted by molar-refractivity contribution is 0.311. The topological polar surface area (TPSA) is 44.5 Å². The first kappa shape index (κ1) is 11.6. The molecule has 0 amide bonds. The first-order valence-corrected chi connectivity index (χ1v) is 4.99. The molecule has 0 spiro atoms. The van der Waals surface area contributed by atoms with Gasteiger partial charge in [0.25, 0.3) is 0 Å². The number of rotatable bonds is 5. The summed E-state index contributed by atoms with van der Waals surface area (Å²) >= 11 is 0. The van der Waals surface area contributed by atoms with Gasteiger partial charge in [-0.2, -0.15) is 0 Å². The minimum atomic E-state index is 0.537. The average Bonchev–Trinajstić information content (AvgIpc) is 2.28. The van der Waals surface area contributed by atoms with E-state index in [-0.39, 0.29) is 0 Å². The van der Waals surface area contributed by atoms with Gasteiger partial charge in [0.15, 0.2) is 11.5 Å². The van der Waals surface area contributed by atoms with Crippen molar-refractivity contribution in [1.82, 2.24) is 0 Å². The van der Waals surface area contributed by atoms with E-state index in [4.69, 9.17) is 15.2 Å². The third-order valence-corrected chi connectivity index (χ3v) is 1.93. The van der Waals surface area contributed by atoms with Gasteiger partial charge in [-0.1, -0.05) is 18.2 Å². The van der Waals surface area contributed by atoms with E-state index < -0.39 is 0 Å². The molecule has 2 N–H and O–H groups in total. The Morgan fingerprint density at radius 1 is 1.33 bits per heavy atom. The van der Waals surface area contributed by atoms with E-state index in [0.29, 0.717) is 13.2 Å². The number of hydrogen-bond donors (Lipinski definition) is 1. The Hall–Kier alpha value is -1.48. The molecule has 1 aromatic carbocycles. The average molecular weight is 207 g/mol. The van der Waals surface area contributed by atoms with Crippen molar-refractivity contribution in [3.8, 4) is 11.5 Å². The predicted molar refractivity (Wildman–Crippen MR) is 62.3 cm³/mol. The van der Waals surface area contributed by atoms with Crippen molar-refractivity contribution in [3.05, 3.63) is 29.8 Å². The van der Waals surface area contributed by atoms with Crippen LogP contribution in [0.15, 0.2) is 24.3 Å². The van der Waals surface area contributed by atoms with Crippen molar-refractivity contribution >= 4 is 6.08 Å². The van der Waals surface area contributed by atoms with Crippen molar-refractivity contribution in [2.24, 2.45) is 5.73 Å². The molecule has 0 aromatic heterocycles. The van der Waals surface area contributed by atoms with Gasteiger partial charge >= 0.3 is 0 Å². The van der Waals surface area contributed by atoms with E-state index in [2.05, 4.69) is 0 Å². The summed E-state index contributed by atoms with van der Waals surface area (Å²) in [4.78, 5) is 0. The smallest absolute Gasteiger partial charge is 0.161 e. The Balaban J connectivity index is 2.91. The highest BCUT2D eigenvalue weighted by Crippen LogP contribution is 2.28. The lowest BCUT2D eigenvalue weighted by Gasteiger charge is -2.09. The fourth-order valence-corrected chi connectivity index (χ4v) is 1.27. The van der Waals surface area contributed by atoms with Gasteiger partial charge in [0, 0.05) is 6.54 Å². The number of benzene rings is 1. The van der Waals surface area contributed by atoms with Gasteiger partial charge in [-0.05, 0) is 24.6 Å². The van der Waals surface area contributed by atoms with E-state index in [1.807, 2.05) is 37.3 Å². The molecule has 0 heterocycles. The Bertz CT molecular complexity index is 334. The van der Waals surface area contributed by atoms with Crippen LogP contribution in [0, 0.1) is 0 Å². The van der Waals surface area contributed by atoms with Crippen molar-refractivity contribution in [1.29, 1.82) is 0 Å². The summed E-state index contributed by atoms with van der Waals surface area (Å²) in [7, 11) is 1.63. The van der Waals surface area contributed by atoms with Gasteiger partial charge in [-0.25, -0.2) is 0 Å². The highest BCUT2D eigenvalue weighted by Gasteiger charge is 2.03. The second kappa shape index (κ2) is 6.09. The van der Waals surface area contributed by atoms with Gasteiger partial charge in [0.05, 0.1) is 13.7 Å². The van der Waals surface area contributed by atoms with Crippen molar-refractivity contribution in [3.63, 3.8) is 0 Å². The molecule has 15 heavy (non-hydrogen) atoms. The SMILES string of the molecule is CCOc1ccc(C=CCN)cc1OC. The summed E-state index contributed by atoms with van der Waals surface area (Å²) in [5.74, 6) is 1.51. The summed E-state index contributed by atoms with van der Waals surface area (Å²) in [5.41, 5.74) is 6.44. The Labute approximate surface area is 90.5 Å². The Morgan fingerprint density at radius 2 is 2.13 bits per heavy atom. The molecule has 0 saturated carbocycles. The zero-order valence-electron chi connectivity index (χ0n) is 9.19. The fourth-order valence-electron chi connectivity index (χ4n) is 1.27. The van der Waals surface area contributed by atoms with Crippen LogP contribution in [-0.4, -0.2) is 20.3 Å². The zero-order valence-corrected chi connectivity index (χ0v) is 9.19. The van der Waals surface area contributed by atoms with Crippen LogP contribution >= 0.6 is 0 Å². The fraction of sp³-hybridized carbons (Fsp3) is 0.333.